The zero-order valence-electron chi connectivity index (χ0n) is 44.2. The van der Waals surface area contributed by atoms with Gasteiger partial charge in [0.25, 0.3) is 0 Å². The molecular weight excluding hydrogens is 1040 g/mol. The highest BCUT2D eigenvalue weighted by Gasteiger charge is 2.45. The van der Waals surface area contributed by atoms with Crippen LogP contribution in [0.4, 0.5) is 4.79 Å². The normalized spacial score (nSPS) is 22.6. The molecule has 3 fully saturated rings. The molecule has 0 aliphatic carbocycles. The van der Waals surface area contributed by atoms with Crippen LogP contribution < -0.4 is 47.7 Å². The summed E-state index contributed by atoms with van der Waals surface area (Å²) in [6.07, 6.45) is 1.14. The minimum Gasteiger partial charge on any atom is -0.489 e. The Morgan fingerprint density at radius 3 is 2.02 bits per heavy atom. The summed E-state index contributed by atoms with van der Waals surface area (Å²) in [5.41, 5.74) is 9.67. The molecule has 3 aliphatic rings. The summed E-state index contributed by atoms with van der Waals surface area (Å²) in [7, 11) is 0. The molecule has 0 radical (unpaired) electrons. The number of aromatic nitrogens is 1. The number of hydrogen-bond donors (Lipinski definition) is 9. The zero-order valence-corrected chi connectivity index (χ0v) is 44.9. The molecule has 3 saturated heterocycles. The Morgan fingerprint density at radius 2 is 1.29 bits per heavy atom. The molecule has 0 saturated carbocycles. The third kappa shape index (κ3) is 14.9. The van der Waals surface area contributed by atoms with E-state index in [4.69, 9.17) is 26.8 Å². The molecule has 7 atom stereocenters. The third-order valence-corrected chi connectivity index (χ3v) is 15.0. The Balaban J connectivity index is 1.12. The molecule has 10 N–H and O–H groups in total. The number of aromatic amines is 1. The summed E-state index contributed by atoms with van der Waals surface area (Å²) < 4.78 is 11.8. The van der Waals surface area contributed by atoms with Crippen LogP contribution in [0, 0.1) is 5.92 Å². The number of H-pyrrole nitrogens is 1. The van der Waals surface area contributed by atoms with Crippen LogP contribution in [0.3, 0.4) is 0 Å². The van der Waals surface area contributed by atoms with Gasteiger partial charge in [-0.25, -0.2) is 4.79 Å². The van der Waals surface area contributed by atoms with Gasteiger partial charge in [-0.15, -0.1) is 0 Å². The van der Waals surface area contributed by atoms with Gasteiger partial charge in [0.2, 0.25) is 35.4 Å². The lowest BCUT2D eigenvalue weighted by Gasteiger charge is -2.32. The summed E-state index contributed by atoms with van der Waals surface area (Å²) in [4.78, 5) is 109. The van der Waals surface area contributed by atoms with Gasteiger partial charge in [-0.05, 0) is 96.4 Å². The number of amides is 7. The fourth-order valence-electron chi connectivity index (χ4n) is 10.6. The van der Waals surface area contributed by atoms with Gasteiger partial charge in [0.05, 0.1) is 6.54 Å². The SMILES string of the molecule is NCCNC(=O)O[C@@H]1C[C@H]2C(=O)N[C@@H](c3ccccc3)C(=O)N[C@H](Cc3c[nH]c4ccccc34)C(=O)NC(CC3CCNCC3)C(=O)N[C@@H](Cc3ccc(OCc4ccccc4)cc3)C(=O)NC(Cc3cccc(Cl)c3)C(=O)N2C1. The number of rotatable bonds is 15. The molecule has 1 aromatic heterocycles. The van der Waals surface area contributed by atoms with E-state index >= 15 is 28.8 Å². The average molecular weight is 1110 g/mol. The Kier molecular flexibility index (Phi) is 19.1. The average Bonchev–Trinajstić information content (AvgIpc) is 4.13. The number of halogens is 1. The van der Waals surface area contributed by atoms with E-state index in [0.717, 1.165) is 16.5 Å². The number of hydrogen-bond acceptors (Lipinski definition) is 11. The molecule has 3 aliphatic heterocycles. The molecule has 0 spiro atoms. The first-order valence-electron chi connectivity index (χ1n) is 27.1. The van der Waals surface area contributed by atoms with Gasteiger partial charge in [-0.1, -0.05) is 115 Å². The molecule has 2 unspecified atom stereocenters. The van der Waals surface area contributed by atoms with Crippen molar-refractivity contribution in [2.45, 2.75) is 93.9 Å². The van der Waals surface area contributed by atoms with E-state index < -0.39 is 83.9 Å². The van der Waals surface area contributed by atoms with Crippen molar-refractivity contribution >= 4 is 64.0 Å². The van der Waals surface area contributed by atoms with Crippen LogP contribution in [0.2, 0.25) is 5.02 Å². The van der Waals surface area contributed by atoms with Gasteiger partial charge in [0.1, 0.15) is 54.7 Å². The van der Waals surface area contributed by atoms with Crippen molar-refractivity contribution in [2.24, 2.45) is 11.7 Å². The number of alkyl carbamates (subject to hydrolysis) is 1. The zero-order chi connectivity index (χ0) is 56.0. The molecule has 5 aromatic carbocycles. The highest BCUT2D eigenvalue weighted by molar-refractivity contribution is 6.30. The van der Waals surface area contributed by atoms with Gasteiger partial charge in [-0.3, -0.25) is 28.8 Å². The smallest absolute Gasteiger partial charge is 0.407 e. The lowest BCUT2D eigenvalue weighted by molar-refractivity contribution is -0.143. The maximum Gasteiger partial charge on any atom is 0.407 e. The molecule has 6 aromatic rings. The molecule has 4 heterocycles. The van der Waals surface area contributed by atoms with Gasteiger partial charge < -0.3 is 62.3 Å². The quantitative estimate of drug-likeness (QED) is 0.0701. The molecular formula is C60H67ClN10O9. The van der Waals surface area contributed by atoms with Gasteiger partial charge >= 0.3 is 6.09 Å². The van der Waals surface area contributed by atoms with Crippen LogP contribution in [0.1, 0.15) is 59.5 Å². The van der Waals surface area contributed by atoms with E-state index in [-0.39, 0.29) is 57.7 Å². The molecule has 19 nitrogen and oxygen atoms in total. The Bertz CT molecular complexity index is 3120. The van der Waals surface area contributed by atoms with Gasteiger partial charge in [-0.2, -0.15) is 0 Å². The predicted octanol–water partition coefficient (Wildman–Crippen LogP) is 4.28. The molecule has 9 rings (SSSR count). The van der Waals surface area contributed by atoms with Crippen molar-refractivity contribution in [1.82, 2.24) is 47.1 Å². The standard InChI is InChI=1S/C60H67ClN10O9/c61-43-15-9-12-40(28-43)31-51-59(77)71-35-45(80-60(78)64-27-24-62)33-52(71)57(75)70-53(41-13-5-2-6-14-41)58(76)68-50(32-42-34-65-47-17-8-7-16-46(42)47)56(74)67-49(30-38-22-25-63-26-23-38)54(72)66-48(55(73)69-51)29-37-18-20-44(21-19-37)79-36-39-10-3-1-4-11-39/h1-21,28,34,38,45,48-53,63,65H,22-27,29-33,35-36,62H2,(H,64,78)(H,66,72)(H,67,74)(H,68,76)(H,69,73)(H,70,75)/t45-,48+,49?,50-,51?,52+,53+/m1/s1. The van der Waals surface area contributed by atoms with Gasteiger partial charge in [0.15, 0.2) is 0 Å². The largest absolute Gasteiger partial charge is 0.489 e. The van der Waals surface area contributed by atoms with E-state index in [2.05, 4.69) is 42.2 Å². The number of benzene rings is 5. The van der Waals surface area contributed by atoms with Crippen molar-refractivity contribution in [1.29, 1.82) is 0 Å². The third-order valence-electron chi connectivity index (χ3n) is 14.8. The number of nitrogens with zero attached hydrogens (tertiary/aromatic N) is 1. The van der Waals surface area contributed by atoms with Crippen molar-refractivity contribution in [3.8, 4) is 5.75 Å². The minimum absolute atomic E-state index is 0.00663. The highest BCUT2D eigenvalue weighted by atomic mass is 35.5. The first-order chi connectivity index (χ1) is 38.9. The summed E-state index contributed by atoms with van der Waals surface area (Å²) in [5.74, 6) is -3.74. The Morgan fingerprint density at radius 1 is 0.650 bits per heavy atom. The fraction of sp³-hybridized carbons (Fsp3) is 0.350. The van der Waals surface area contributed by atoms with Crippen LogP contribution in [-0.2, 0) is 59.4 Å². The van der Waals surface area contributed by atoms with E-state index in [1.54, 1.807) is 85.1 Å². The first-order valence-corrected chi connectivity index (χ1v) is 27.5. The summed E-state index contributed by atoms with van der Waals surface area (Å²) >= 11 is 6.48. The number of nitrogens with one attached hydrogen (secondary N) is 8. The second-order valence-corrected chi connectivity index (χ2v) is 21.0. The van der Waals surface area contributed by atoms with Crippen molar-refractivity contribution < 1.29 is 43.0 Å². The minimum atomic E-state index is -1.42. The van der Waals surface area contributed by atoms with Crippen LogP contribution in [0.25, 0.3) is 10.9 Å². The maximum absolute atomic E-state index is 15.4. The van der Waals surface area contributed by atoms with Crippen LogP contribution >= 0.6 is 11.6 Å². The Hall–Kier alpha value is -8.26. The van der Waals surface area contributed by atoms with E-state index in [0.29, 0.717) is 65.6 Å². The maximum atomic E-state index is 15.4. The number of nitrogens with two attached hydrogens (primary N) is 1. The lowest BCUT2D eigenvalue weighted by atomic mass is 9.90. The fourth-order valence-corrected chi connectivity index (χ4v) is 10.8. The summed E-state index contributed by atoms with van der Waals surface area (Å²) in [6, 6.07) is 31.5. The van der Waals surface area contributed by atoms with Crippen LogP contribution in [0.15, 0.2) is 140 Å². The second-order valence-electron chi connectivity index (χ2n) is 20.5. The van der Waals surface area contributed by atoms with Crippen molar-refractivity contribution in [3.63, 3.8) is 0 Å². The topological polar surface area (TPSA) is 267 Å². The number of carbonyl (C=O) groups is 7. The Labute approximate surface area is 468 Å². The number of ether oxygens (including phenoxy) is 2. The van der Waals surface area contributed by atoms with Crippen molar-refractivity contribution in [3.05, 3.63) is 172 Å². The number of fused-ring (bicyclic) bond motifs is 2. The monoisotopic (exact) mass is 1110 g/mol. The second kappa shape index (κ2) is 27.1. The van der Waals surface area contributed by atoms with E-state index in [1.807, 2.05) is 54.6 Å². The highest BCUT2D eigenvalue weighted by Crippen LogP contribution is 2.27. The number of carbonyl (C=O) groups excluding carboxylic acids is 7. The van der Waals surface area contributed by atoms with Gasteiger partial charge in [0, 0.05) is 60.9 Å². The molecule has 20 heteroatoms. The summed E-state index contributed by atoms with van der Waals surface area (Å²) in [5, 5.41) is 21.8. The van der Waals surface area contributed by atoms with Crippen LogP contribution in [-0.4, -0.2) is 120 Å². The van der Waals surface area contributed by atoms with Crippen molar-refractivity contribution in [2.75, 3.05) is 32.7 Å². The van der Waals surface area contributed by atoms with E-state index in [9.17, 15) is 4.79 Å². The van der Waals surface area contributed by atoms with Crippen LogP contribution in [0.5, 0.6) is 5.75 Å². The summed E-state index contributed by atoms with van der Waals surface area (Å²) in [6.45, 7) is 1.67. The molecule has 418 valence electrons. The predicted molar refractivity (Wildman–Crippen MR) is 301 cm³/mol. The number of piperidine rings is 1. The molecule has 80 heavy (non-hydrogen) atoms. The number of para-hydroxylation sites is 1. The first kappa shape index (κ1) is 56.5. The molecule has 7 amide bonds. The van der Waals surface area contributed by atoms with E-state index in [1.165, 1.54) is 4.90 Å². The molecule has 0 bridgehead atoms. The lowest BCUT2D eigenvalue weighted by Crippen LogP contribution is -2.61.